The zero-order valence-corrected chi connectivity index (χ0v) is 20.0. The number of tetrazole rings is 1. The number of para-hydroxylation sites is 1. The second kappa shape index (κ2) is 11.2. The quantitative estimate of drug-likeness (QED) is 0.270. The molecule has 1 amide bonds. The Morgan fingerprint density at radius 3 is 2.47 bits per heavy atom. The first kappa shape index (κ1) is 24.5. The average Bonchev–Trinajstić information content (AvgIpc) is 3.49. The molecule has 2 heterocycles. The maximum absolute atomic E-state index is 12.9. The highest BCUT2D eigenvalue weighted by Crippen LogP contribution is 2.19. The topological polar surface area (TPSA) is 121 Å². The van der Waals surface area contributed by atoms with Gasteiger partial charge in [-0.3, -0.25) is 9.59 Å². The summed E-state index contributed by atoms with van der Waals surface area (Å²) in [6, 6.07) is 18.4. The monoisotopic (exact) mass is 486 g/mol. The molecule has 0 bridgehead atoms. The normalized spacial score (nSPS) is 10.7. The van der Waals surface area contributed by atoms with Gasteiger partial charge in [0, 0.05) is 23.5 Å². The lowest BCUT2D eigenvalue weighted by molar-refractivity contribution is -0.116. The van der Waals surface area contributed by atoms with Gasteiger partial charge in [0.15, 0.2) is 6.61 Å². The summed E-state index contributed by atoms with van der Waals surface area (Å²) in [4.78, 5) is 37.9. The smallest absolute Gasteiger partial charge is 0.340 e. The van der Waals surface area contributed by atoms with Gasteiger partial charge in [-0.25, -0.2) is 9.48 Å². The Labute approximate surface area is 207 Å². The second-order valence-electron chi connectivity index (χ2n) is 8.27. The number of Topliss-reactive ketones (excluding diaryl/α,β-unsaturated/α-hetero) is 1. The Balaban J connectivity index is 1.37. The number of ether oxygens (including phenoxy) is 1. The number of esters is 1. The average molecular weight is 487 g/mol. The fourth-order valence-corrected chi connectivity index (χ4v) is 3.96. The van der Waals surface area contributed by atoms with Gasteiger partial charge in [-0.15, -0.1) is 5.10 Å². The Kier molecular flexibility index (Phi) is 7.64. The highest BCUT2D eigenvalue weighted by Gasteiger charge is 2.20. The predicted octanol–water partition coefficient (Wildman–Crippen LogP) is 3.01. The molecule has 2 aromatic heterocycles. The van der Waals surface area contributed by atoms with Gasteiger partial charge in [0.05, 0.1) is 11.3 Å². The highest BCUT2D eigenvalue weighted by atomic mass is 16.5. The number of aromatic nitrogens is 5. The van der Waals surface area contributed by atoms with E-state index in [1.54, 1.807) is 18.2 Å². The molecule has 10 nitrogen and oxygen atoms in total. The molecule has 0 saturated heterocycles. The number of nitrogens with one attached hydrogen (secondary N) is 1. The van der Waals surface area contributed by atoms with Crippen LogP contribution in [-0.2, 0) is 29.0 Å². The van der Waals surface area contributed by atoms with Crippen LogP contribution in [0.15, 0.2) is 67.0 Å². The standard InChI is InChI=1S/C26H26N6O4/c1-18-14-22(19(2)32(18)13-12-20-8-4-3-5-9-20)24(33)16-36-26(35)21-10-6-7-11-23(21)28-25(34)15-31-17-27-29-30-31/h3-11,14,17H,12-13,15-16H2,1-2H3,(H,28,34). The first-order chi connectivity index (χ1) is 17.4. The number of ketones is 1. The van der Waals surface area contributed by atoms with Crippen molar-refractivity contribution in [2.24, 2.45) is 0 Å². The van der Waals surface area contributed by atoms with Gasteiger partial charge in [-0.1, -0.05) is 42.5 Å². The minimum Gasteiger partial charge on any atom is -0.454 e. The minimum absolute atomic E-state index is 0.116. The summed E-state index contributed by atoms with van der Waals surface area (Å²) in [5.41, 5.74) is 3.95. The molecule has 10 heteroatoms. The molecule has 36 heavy (non-hydrogen) atoms. The number of benzene rings is 2. The van der Waals surface area contributed by atoms with Crippen molar-refractivity contribution in [3.63, 3.8) is 0 Å². The zero-order valence-electron chi connectivity index (χ0n) is 20.0. The van der Waals surface area contributed by atoms with Crippen molar-refractivity contribution in [2.75, 3.05) is 11.9 Å². The van der Waals surface area contributed by atoms with Crippen molar-refractivity contribution in [3.05, 3.63) is 95.1 Å². The van der Waals surface area contributed by atoms with Crippen LogP contribution in [0.2, 0.25) is 0 Å². The molecule has 0 atom stereocenters. The number of nitrogens with zero attached hydrogens (tertiary/aromatic N) is 5. The predicted molar refractivity (Wildman–Crippen MR) is 132 cm³/mol. The maximum Gasteiger partial charge on any atom is 0.340 e. The van der Waals surface area contributed by atoms with Crippen LogP contribution in [0, 0.1) is 13.8 Å². The van der Waals surface area contributed by atoms with Crippen LogP contribution in [0.5, 0.6) is 0 Å². The van der Waals surface area contributed by atoms with Crippen molar-refractivity contribution in [2.45, 2.75) is 33.4 Å². The summed E-state index contributed by atoms with van der Waals surface area (Å²) in [6.45, 7) is 4.06. The molecule has 0 aliphatic rings. The lowest BCUT2D eigenvalue weighted by Crippen LogP contribution is -2.21. The molecule has 0 saturated carbocycles. The molecule has 4 aromatic rings. The maximum atomic E-state index is 12.9. The third-order valence-electron chi connectivity index (χ3n) is 5.79. The number of carbonyl (C=O) groups excluding carboxylic acids is 3. The van der Waals surface area contributed by atoms with E-state index < -0.39 is 18.5 Å². The summed E-state index contributed by atoms with van der Waals surface area (Å²) < 4.78 is 8.67. The van der Waals surface area contributed by atoms with Crippen LogP contribution in [0.25, 0.3) is 0 Å². The van der Waals surface area contributed by atoms with Crippen molar-refractivity contribution >= 4 is 23.3 Å². The molecule has 1 N–H and O–H groups in total. The lowest BCUT2D eigenvalue weighted by atomic mass is 10.1. The molecule has 0 radical (unpaired) electrons. The molecule has 0 aliphatic heterocycles. The zero-order chi connectivity index (χ0) is 25.5. The van der Waals surface area contributed by atoms with E-state index in [0.717, 1.165) is 24.4 Å². The van der Waals surface area contributed by atoms with Crippen LogP contribution in [0.4, 0.5) is 5.69 Å². The van der Waals surface area contributed by atoms with Gasteiger partial charge in [0.25, 0.3) is 0 Å². The summed E-state index contributed by atoms with van der Waals surface area (Å²) >= 11 is 0. The fraction of sp³-hybridized carbons (Fsp3) is 0.231. The minimum atomic E-state index is -0.709. The molecule has 184 valence electrons. The first-order valence-electron chi connectivity index (χ1n) is 11.4. The van der Waals surface area contributed by atoms with Gasteiger partial charge in [-0.05, 0) is 54.5 Å². The van der Waals surface area contributed by atoms with Gasteiger partial charge in [-0.2, -0.15) is 0 Å². The molecular formula is C26H26N6O4. The van der Waals surface area contributed by atoms with Gasteiger partial charge in [0.1, 0.15) is 12.9 Å². The van der Waals surface area contributed by atoms with E-state index in [1.807, 2.05) is 38.1 Å². The van der Waals surface area contributed by atoms with Gasteiger partial charge < -0.3 is 14.6 Å². The van der Waals surface area contributed by atoms with Crippen molar-refractivity contribution in [1.29, 1.82) is 0 Å². The SMILES string of the molecule is Cc1cc(C(=O)COC(=O)c2ccccc2NC(=O)Cn2cnnn2)c(C)n1CCc1ccccc1. The van der Waals surface area contributed by atoms with E-state index in [0.29, 0.717) is 5.56 Å². The van der Waals surface area contributed by atoms with Crippen molar-refractivity contribution < 1.29 is 19.1 Å². The Morgan fingerprint density at radius 1 is 0.972 bits per heavy atom. The van der Waals surface area contributed by atoms with E-state index in [1.165, 1.54) is 22.6 Å². The second-order valence-corrected chi connectivity index (χ2v) is 8.27. The molecule has 0 unspecified atom stereocenters. The number of amides is 1. The molecule has 0 aliphatic carbocycles. The van der Waals surface area contributed by atoms with Gasteiger partial charge in [0.2, 0.25) is 11.7 Å². The Bertz CT molecular complexity index is 1360. The number of carbonyl (C=O) groups is 3. The van der Waals surface area contributed by atoms with E-state index >= 15 is 0 Å². The number of anilines is 1. The molecule has 2 aromatic carbocycles. The Hall–Kier alpha value is -4.60. The third-order valence-corrected chi connectivity index (χ3v) is 5.79. The molecule has 4 rings (SSSR count). The van der Waals surface area contributed by atoms with Crippen LogP contribution in [0.3, 0.4) is 0 Å². The number of hydrogen-bond donors (Lipinski definition) is 1. The number of aryl methyl sites for hydroxylation is 2. The van der Waals surface area contributed by atoms with Crippen molar-refractivity contribution in [3.8, 4) is 0 Å². The van der Waals surface area contributed by atoms with E-state index in [-0.39, 0.29) is 23.6 Å². The van der Waals surface area contributed by atoms with Crippen LogP contribution in [-0.4, -0.2) is 49.0 Å². The molecule has 0 spiro atoms. The van der Waals surface area contributed by atoms with Gasteiger partial charge >= 0.3 is 5.97 Å². The van der Waals surface area contributed by atoms with E-state index in [9.17, 15) is 14.4 Å². The van der Waals surface area contributed by atoms with Crippen LogP contribution >= 0.6 is 0 Å². The summed E-state index contributed by atoms with van der Waals surface area (Å²) in [6.07, 6.45) is 2.15. The number of hydrogen-bond acceptors (Lipinski definition) is 7. The summed E-state index contributed by atoms with van der Waals surface area (Å²) in [5.74, 6) is -1.41. The third kappa shape index (κ3) is 5.90. The summed E-state index contributed by atoms with van der Waals surface area (Å²) in [5, 5.41) is 13.2. The number of rotatable bonds is 10. The largest absolute Gasteiger partial charge is 0.454 e. The Morgan fingerprint density at radius 2 is 1.72 bits per heavy atom. The summed E-state index contributed by atoms with van der Waals surface area (Å²) in [7, 11) is 0. The van der Waals surface area contributed by atoms with E-state index in [4.69, 9.17) is 4.74 Å². The lowest BCUT2D eigenvalue weighted by Gasteiger charge is -2.11. The van der Waals surface area contributed by atoms with E-state index in [2.05, 4.69) is 37.5 Å². The highest BCUT2D eigenvalue weighted by molar-refractivity contribution is 6.03. The van der Waals surface area contributed by atoms with Crippen LogP contribution < -0.4 is 5.32 Å². The fourth-order valence-electron chi connectivity index (χ4n) is 3.96. The first-order valence-corrected chi connectivity index (χ1v) is 11.4. The molecule has 0 fully saturated rings. The van der Waals surface area contributed by atoms with Crippen molar-refractivity contribution in [1.82, 2.24) is 24.8 Å². The van der Waals surface area contributed by atoms with Crippen LogP contribution in [0.1, 0.15) is 37.7 Å². The molecular weight excluding hydrogens is 460 g/mol.